The molecule has 118 valence electrons. The summed E-state index contributed by atoms with van der Waals surface area (Å²) in [7, 11) is 0. The minimum absolute atomic E-state index is 0.324. The van der Waals surface area contributed by atoms with Crippen molar-refractivity contribution in [1.82, 2.24) is 4.98 Å². The summed E-state index contributed by atoms with van der Waals surface area (Å²) in [5, 5.41) is 12.8. The highest BCUT2D eigenvalue weighted by atomic mass is 79.9. The molecule has 0 radical (unpaired) electrons. The number of rotatable bonds is 4. The Labute approximate surface area is 145 Å². The van der Waals surface area contributed by atoms with E-state index in [1.54, 1.807) is 25.3 Å². The van der Waals surface area contributed by atoms with Gasteiger partial charge in [0.25, 0.3) is 0 Å². The molecule has 1 atom stereocenters. The molecule has 0 bridgehead atoms. The summed E-state index contributed by atoms with van der Waals surface area (Å²) < 4.78 is 5.97. The van der Waals surface area contributed by atoms with Crippen LogP contribution in [-0.4, -0.2) is 22.7 Å². The highest BCUT2D eigenvalue weighted by molar-refractivity contribution is 9.11. The Morgan fingerprint density at radius 3 is 2.70 bits per heavy atom. The Hall–Kier alpha value is -1.76. The van der Waals surface area contributed by atoms with Crippen LogP contribution < -0.4 is 0 Å². The smallest absolute Gasteiger partial charge is 0.338 e. The molecule has 0 aliphatic heterocycles. The Kier molecular flexibility index (Phi) is 4.75. The molecule has 0 aliphatic rings. The van der Waals surface area contributed by atoms with Gasteiger partial charge in [-0.3, -0.25) is 0 Å². The normalized spacial score (nSPS) is 12.3. The van der Waals surface area contributed by atoms with Gasteiger partial charge in [-0.15, -0.1) is 11.3 Å². The Balaban J connectivity index is 2.13. The zero-order valence-electron chi connectivity index (χ0n) is 12.3. The summed E-state index contributed by atoms with van der Waals surface area (Å²) >= 11 is 4.74. The van der Waals surface area contributed by atoms with Crippen molar-refractivity contribution >= 4 is 44.0 Å². The molecule has 3 aromatic rings. The molecule has 1 aromatic heterocycles. The monoisotopic (exact) mass is 391 g/mol. The Bertz CT molecular complexity index is 862. The number of nitrogens with zero attached hydrogens (tertiary/aromatic N) is 1. The van der Waals surface area contributed by atoms with Crippen LogP contribution in [0.15, 0.2) is 46.4 Å². The highest BCUT2D eigenvalue weighted by Gasteiger charge is 2.20. The predicted molar refractivity (Wildman–Crippen MR) is 93.8 cm³/mol. The molecule has 4 nitrogen and oxygen atoms in total. The lowest BCUT2D eigenvalue weighted by Crippen LogP contribution is -2.07. The first-order valence-corrected chi connectivity index (χ1v) is 8.70. The van der Waals surface area contributed by atoms with Gasteiger partial charge >= 0.3 is 5.97 Å². The van der Waals surface area contributed by atoms with Crippen LogP contribution in [0.25, 0.3) is 10.8 Å². The maximum absolute atomic E-state index is 12.1. The summed E-state index contributed by atoms with van der Waals surface area (Å²) in [6.07, 6.45) is 0.825. The molecule has 1 N–H and O–H groups in total. The van der Waals surface area contributed by atoms with Crippen LogP contribution in [0.2, 0.25) is 0 Å². The summed E-state index contributed by atoms with van der Waals surface area (Å²) in [6, 6.07) is 10.9. The summed E-state index contributed by atoms with van der Waals surface area (Å²) in [4.78, 5) is 16.3. The van der Waals surface area contributed by atoms with Gasteiger partial charge in [-0.25, -0.2) is 9.78 Å². The molecule has 2 aromatic carbocycles. The molecule has 0 aliphatic carbocycles. The standard InChI is InChI=1S/C17H14BrNO3S/c1-2-22-17(21)13-8-7-12(10-5-3-4-6-11(10)13)15(20)16-19-9-14(18)23-16/h3-9,15,20H,2H2,1H3. The summed E-state index contributed by atoms with van der Waals surface area (Å²) in [5.74, 6) is -0.360. The SMILES string of the molecule is CCOC(=O)c1ccc(C(O)c2ncc(Br)s2)c2ccccc12. The molecule has 0 spiro atoms. The van der Waals surface area contributed by atoms with Crippen molar-refractivity contribution in [2.24, 2.45) is 0 Å². The third-order valence-corrected chi connectivity index (χ3v) is 5.01. The molecule has 0 saturated carbocycles. The van der Waals surface area contributed by atoms with Gasteiger partial charge in [-0.05, 0) is 45.3 Å². The van der Waals surface area contributed by atoms with E-state index in [0.717, 1.165) is 20.1 Å². The van der Waals surface area contributed by atoms with E-state index in [9.17, 15) is 9.90 Å². The lowest BCUT2D eigenvalue weighted by Gasteiger charge is -2.14. The van der Waals surface area contributed by atoms with Gasteiger partial charge in [0, 0.05) is 0 Å². The molecule has 1 heterocycles. The molecule has 0 fully saturated rings. The lowest BCUT2D eigenvalue weighted by molar-refractivity contribution is 0.0528. The number of halogens is 1. The number of ether oxygens (including phenoxy) is 1. The van der Waals surface area contributed by atoms with E-state index in [0.29, 0.717) is 17.2 Å². The molecule has 23 heavy (non-hydrogen) atoms. The van der Waals surface area contributed by atoms with Crippen molar-refractivity contribution in [3.05, 3.63) is 62.5 Å². The molecule has 6 heteroatoms. The van der Waals surface area contributed by atoms with Gasteiger partial charge in [0.2, 0.25) is 0 Å². The maximum Gasteiger partial charge on any atom is 0.338 e. The number of carbonyl (C=O) groups excluding carboxylic acids is 1. The maximum atomic E-state index is 12.1. The van der Waals surface area contributed by atoms with Crippen LogP contribution in [-0.2, 0) is 4.74 Å². The third kappa shape index (κ3) is 3.15. The topological polar surface area (TPSA) is 59.4 Å². The molecular weight excluding hydrogens is 378 g/mol. The first-order valence-electron chi connectivity index (χ1n) is 7.10. The predicted octanol–water partition coefficient (Wildman–Crippen LogP) is 4.32. The fraction of sp³-hybridized carbons (Fsp3) is 0.176. The molecule has 0 saturated heterocycles. The van der Waals surface area contributed by atoms with Crippen molar-refractivity contribution in [1.29, 1.82) is 0 Å². The number of esters is 1. The van der Waals surface area contributed by atoms with E-state index in [-0.39, 0.29) is 5.97 Å². The van der Waals surface area contributed by atoms with E-state index < -0.39 is 6.10 Å². The van der Waals surface area contributed by atoms with Crippen LogP contribution >= 0.6 is 27.3 Å². The first kappa shape index (κ1) is 16.1. The van der Waals surface area contributed by atoms with Crippen molar-refractivity contribution < 1.29 is 14.6 Å². The number of aromatic nitrogens is 1. The highest BCUT2D eigenvalue weighted by Crippen LogP contribution is 2.34. The van der Waals surface area contributed by atoms with Crippen molar-refractivity contribution in [3.63, 3.8) is 0 Å². The average Bonchev–Trinajstić information content (AvgIpc) is 3.00. The zero-order valence-corrected chi connectivity index (χ0v) is 14.7. The number of hydrogen-bond acceptors (Lipinski definition) is 5. The largest absolute Gasteiger partial charge is 0.462 e. The van der Waals surface area contributed by atoms with Gasteiger partial charge in [0.15, 0.2) is 0 Å². The van der Waals surface area contributed by atoms with Crippen LogP contribution in [0, 0.1) is 0 Å². The van der Waals surface area contributed by atoms with E-state index in [4.69, 9.17) is 4.74 Å². The lowest BCUT2D eigenvalue weighted by atomic mass is 9.96. The van der Waals surface area contributed by atoms with Crippen LogP contribution in [0.5, 0.6) is 0 Å². The van der Waals surface area contributed by atoms with Gasteiger partial charge < -0.3 is 9.84 Å². The number of benzene rings is 2. The minimum Gasteiger partial charge on any atom is -0.462 e. The fourth-order valence-corrected chi connectivity index (χ4v) is 3.72. The number of thiazole rings is 1. The number of aliphatic hydroxyl groups is 1. The number of hydrogen-bond donors (Lipinski definition) is 1. The van der Waals surface area contributed by atoms with Crippen LogP contribution in [0.3, 0.4) is 0 Å². The summed E-state index contributed by atoms with van der Waals surface area (Å²) in [5.41, 5.74) is 1.22. The third-order valence-electron chi connectivity index (χ3n) is 3.48. The Morgan fingerprint density at radius 2 is 2.04 bits per heavy atom. The second-order valence-corrected chi connectivity index (χ2v) is 7.32. The van der Waals surface area contributed by atoms with Crippen molar-refractivity contribution in [2.45, 2.75) is 13.0 Å². The minimum atomic E-state index is -0.840. The van der Waals surface area contributed by atoms with Gasteiger partial charge in [0.05, 0.1) is 22.2 Å². The summed E-state index contributed by atoms with van der Waals surface area (Å²) in [6.45, 7) is 2.10. The second kappa shape index (κ2) is 6.78. The van der Waals surface area contributed by atoms with Crippen LogP contribution in [0.4, 0.5) is 0 Å². The quantitative estimate of drug-likeness (QED) is 0.672. The number of carbonyl (C=O) groups is 1. The fourth-order valence-electron chi connectivity index (χ4n) is 2.47. The molecule has 3 rings (SSSR count). The van der Waals surface area contributed by atoms with Gasteiger partial charge in [0.1, 0.15) is 11.1 Å². The second-order valence-electron chi connectivity index (χ2n) is 4.87. The molecule has 1 unspecified atom stereocenters. The van der Waals surface area contributed by atoms with Crippen molar-refractivity contribution in [2.75, 3.05) is 6.61 Å². The first-order chi connectivity index (χ1) is 11.1. The van der Waals surface area contributed by atoms with E-state index in [1.165, 1.54) is 11.3 Å². The van der Waals surface area contributed by atoms with Gasteiger partial charge in [-0.1, -0.05) is 30.3 Å². The molecular formula is C17H14BrNO3S. The number of aliphatic hydroxyl groups excluding tert-OH is 1. The zero-order chi connectivity index (χ0) is 16.4. The van der Waals surface area contributed by atoms with E-state index >= 15 is 0 Å². The van der Waals surface area contributed by atoms with Gasteiger partial charge in [-0.2, -0.15) is 0 Å². The van der Waals surface area contributed by atoms with Crippen molar-refractivity contribution in [3.8, 4) is 0 Å². The van der Waals surface area contributed by atoms with Crippen LogP contribution in [0.1, 0.15) is 34.0 Å². The average molecular weight is 392 g/mol. The number of fused-ring (bicyclic) bond motifs is 1. The van der Waals surface area contributed by atoms with E-state index in [2.05, 4.69) is 20.9 Å². The Morgan fingerprint density at radius 1 is 1.30 bits per heavy atom. The molecule has 0 amide bonds. The van der Waals surface area contributed by atoms with E-state index in [1.807, 2.05) is 24.3 Å².